The zero-order valence-electron chi connectivity index (χ0n) is 17.4. The number of thioether (sulfide) groups is 1. The summed E-state index contributed by atoms with van der Waals surface area (Å²) in [6, 6.07) is 8.16. The van der Waals surface area contributed by atoms with E-state index in [2.05, 4.69) is 12.2 Å². The van der Waals surface area contributed by atoms with Crippen LogP contribution >= 0.6 is 23.1 Å². The predicted molar refractivity (Wildman–Crippen MR) is 122 cm³/mol. The van der Waals surface area contributed by atoms with Crippen LogP contribution < -0.4 is 10.9 Å². The molecule has 2 heterocycles. The molecule has 1 aromatic carbocycles. The Bertz CT molecular complexity index is 1070. The molecule has 7 heteroatoms. The summed E-state index contributed by atoms with van der Waals surface area (Å²) < 4.78 is 1.71. The molecule has 154 valence electrons. The van der Waals surface area contributed by atoms with Crippen LogP contribution in [0.3, 0.4) is 0 Å². The molecule has 0 fully saturated rings. The molecule has 0 radical (unpaired) electrons. The Morgan fingerprint density at radius 3 is 2.59 bits per heavy atom. The van der Waals surface area contributed by atoms with Gasteiger partial charge in [-0.25, -0.2) is 4.98 Å². The van der Waals surface area contributed by atoms with Gasteiger partial charge in [-0.05, 0) is 37.8 Å². The van der Waals surface area contributed by atoms with Gasteiger partial charge < -0.3 is 5.32 Å². The fourth-order valence-electron chi connectivity index (χ4n) is 3.15. The Kier molecular flexibility index (Phi) is 7.14. The standard InChI is InChI=1S/C22H27N3O2S2/c1-5-11-23-18(26)13-28-22-24-20-19(15(4)17(6-2)29-20)21(27)25(22)12-16-9-7-14(3)8-10-16/h7-10H,5-6,11-13H2,1-4H3,(H,23,26). The molecular formula is C22H27N3O2S2. The Morgan fingerprint density at radius 2 is 1.93 bits per heavy atom. The number of amides is 1. The highest BCUT2D eigenvalue weighted by atomic mass is 32.2. The van der Waals surface area contributed by atoms with E-state index in [0.717, 1.165) is 28.8 Å². The Morgan fingerprint density at radius 1 is 1.21 bits per heavy atom. The fraction of sp³-hybridized carbons (Fsp3) is 0.409. The number of aryl methyl sites for hydroxylation is 3. The van der Waals surface area contributed by atoms with Gasteiger partial charge in [-0.2, -0.15) is 0 Å². The number of hydrogen-bond acceptors (Lipinski definition) is 5. The van der Waals surface area contributed by atoms with Crippen molar-refractivity contribution in [3.8, 4) is 0 Å². The second-order valence-corrected chi connectivity index (χ2v) is 9.12. The third-order valence-electron chi connectivity index (χ3n) is 4.80. The van der Waals surface area contributed by atoms with Crippen molar-refractivity contribution in [2.45, 2.75) is 52.2 Å². The molecule has 0 bridgehead atoms. The number of rotatable bonds is 8. The lowest BCUT2D eigenvalue weighted by Gasteiger charge is -2.12. The van der Waals surface area contributed by atoms with Crippen molar-refractivity contribution in [1.29, 1.82) is 0 Å². The molecule has 2 aromatic heterocycles. The summed E-state index contributed by atoms with van der Waals surface area (Å²) in [6.07, 6.45) is 1.78. The number of benzene rings is 1. The number of carbonyl (C=O) groups is 1. The lowest BCUT2D eigenvalue weighted by molar-refractivity contribution is -0.118. The van der Waals surface area contributed by atoms with Gasteiger partial charge in [-0.3, -0.25) is 14.2 Å². The van der Waals surface area contributed by atoms with Crippen molar-refractivity contribution in [1.82, 2.24) is 14.9 Å². The molecular weight excluding hydrogens is 402 g/mol. The van der Waals surface area contributed by atoms with Crippen LogP contribution in [0.4, 0.5) is 0 Å². The summed E-state index contributed by atoms with van der Waals surface area (Å²) in [4.78, 5) is 32.2. The van der Waals surface area contributed by atoms with Gasteiger partial charge in [0.05, 0.1) is 17.7 Å². The predicted octanol–water partition coefficient (Wildman–Crippen LogP) is 4.30. The van der Waals surface area contributed by atoms with E-state index in [-0.39, 0.29) is 17.2 Å². The molecule has 3 aromatic rings. The van der Waals surface area contributed by atoms with Crippen LogP contribution in [0.25, 0.3) is 10.2 Å². The van der Waals surface area contributed by atoms with Crippen molar-refractivity contribution >= 4 is 39.2 Å². The number of thiophene rings is 1. The normalized spacial score (nSPS) is 11.2. The maximum atomic E-state index is 13.4. The molecule has 1 N–H and O–H groups in total. The third kappa shape index (κ3) is 4.90. The van der Waals surface area contributed by atoms with E-state index >= 15 is 0 Å². The van der Waals surface area contributed by atoms with Crippen molar-refractivity contribution < 1.29 is 4.79 Å². The number of nitrogens with zero attached hydrogens (tertiary/aromatic N) is 2. The lowest BCUT2D eigenvalue weighted by atomic mass is 10.1. The molecule has 29 heavy (non-hydrogen) atoms. The summed E-state index contributed by atoms with van der Waals surface area (Å²) >= 11 is 2.91. The van der Waals surface area contributed by atoms with Crippen LogP contribution in [-0.4, -0.2) is 27.8 Å². The van der Waals surface area contributed by atoms with Gasteiger partial charge in [0.15, 0.2) is 5.16 Å². The Balaban J connectivity index is 2.02. The van der Waals surface area contributed by atoms with Gasteiger partial charge in [0, 0.05) is 11.4 Å². The first kappa shape index (κ1) is 21.6. The van der Waals surface area contributed by atoms with Crippen molar-refractivity contribution in [3.05, 3.63) is 56.2 Å². The molecule has 0 atom stereocenters. The first-order chi connectivity index (χ1) is 13.9. The molecule has 5 nitrogen and oxygen atoms in total. The SMILES string of the molecule is CCCNC(=O)CSc1nc2sc(CC)c(C)c2c(=O)n1Cc1ccc(C)cc1. The van der Waals surface area contributed by atoms with E-state index in [9.17, 15) is 9.59 Å². The smallest absolute Gasteiger partial charge is 0.263 e. The van der Waals surface area contributed by atoms with Crippen LogP contribution in [0.2, 0.25) is 0 Å². The van der Waals surface area contributed by atoms with Gasteiger partial charge in [-0.1, -0.05) is 55.4 Å². The van der Waals surface area contributed by atoms with E-state index in [1.807, 2.05) is 45.0 Å². The monoisotopic (exact) mass is 429 g/mol. The lowest BCUT2D eigenvalue weighted by Crippen LogP contribution is -2.27. The van der Waals surface area contributed by atoms with Crippen LogP contribution in [0.1, 0.15) is 41.8 Å². The van der Waals surface area contributed by atoms with Crippen molar-refractivity contribution in [3.63, 3.8) is 0 Å². The molecule has 0 aliphatic rings. The van der Waals surface area contributed by atoms with Crippen LogP contribution in [0, 0.1) is 13.8 Å². The van der Waals surface area contributed by atoms with Gasteiger partial charge in [0.25, 0.3) is 5.56 Å². The largest absolute Gasteiger partial charge is 0.355 e. The summed E-state index contributed by atoms with van der Waals surface area (Å²) in [6.45, 7) is 9.26. The average molecular weight is 430 g/mol. The zero-order valence-corrected chi connectivity index (χ0v) is 19.0. The van der Waals surface area contributed by atoms with E-state index in [1.54, 1.807) is 15.9 Å². The highest BCUT2D eigenvalue weighted by Crippen LogP contribution is 2.29. The Labute approximate surface area is 179 Å². The van der Waals surface area contributed by atoms with E-state index < -0.39 is 0 Å². The first-order valence-corrected chi connectivity index (χ1v) is 11.7. The van der Waals surface area contributed by atoms with E-state index in [1.165, 1.54) is 22.2 Å². The quantitative estimate of drug-likeness (QED) is 0.428. The van der Waals surface area contributed by atoms with Gasteiger partial charge in [0.2, 0.25) is 5.91 Å². The zero-order chi connectivity index (χ0) is 21.0. The number of hydrogen-bond donors (Lipinski definition) is 1. The molecule has 3 rings (SSSR count). The maximum Gasteiger partial charge on any atom is 0.263 e. The van der Waals surface area contributed by atoms with Gasteiger partial charge in [-0.15, -0.1) is 11.3 Å². The molecule has 0 aliphatic carbocycles. The van der Waals surface area contributed by atoms with Crippen LogP contribution in [0.15, 0.2) is 34.2 Å². The fourth-order valence-corrected chi connectivity index (χ4v) is 5.14. The molecule has 0 spiro atoms. The topological polar surface area (TPSA) is 64.0 Å². The second-order valence-electron chi connectivity index (χ2n) is 7.09. The van der Waals surface area contributed by atoms with Crippen LogP contribution in [-0.2, 0) is 17.8 Å². The number of aromatic nitrogens is 2. The highest BCUT2D eigenvalue weighted by Gasteiger charge is 2.18. The molecule has 0 unspecified atom stereocenters. The maximum absolute atomic E-state index is 13.4. The second kappa shape index (κ2) is 9.59. The summed E-state index contributed by atoms with van der Waals surface area (Å²) in [5, 5.41) is 4.18. The average Bonchev–Trinajstić information content (AvgIpc) is 3.04. The van der Waals surface area contributed by atoms with Gasteiger partial charge in [0.1, 0.15) is 4.83 Å². The molecule has 1 amide bonds. The number of nitrogens with one attached hydrogen (secondary N) is 1. The minimum absolute atomic E-state index is 0.0273. The number of fused-ring (bicyclic) bond motifs is 1. The number of carbonyl (C=O) groups excluding carboxylic acids is 1. The summed E-state index contributed by atoms with van der Waals surface area (Å²) in [5.74, 6) is 0.210. The first-order valence-electron chi connectivity index (χ1n) is 9.92. The minimum Gasteiger partial charge on any atom is -0.355 e. The van der Waals surface area contributed by atoms with E-state index in [4.69, 9.17) is 4.98 Å². The van der Waals surface area contributed by atoms with E-state index in [0.29, 0.717) is 23.6 Å². The minimum atomic E-state index is -0.0373. The highest BCUT2D eigenvalue weighted by molar-refractivity contribution is 7.99. The molecule has 0 saturated heterocycles. The molecule has 0 aliphatic heterocycles. The van der Waals surface area contributed by atoms with Gasteiger partial charge >= 0.3 is 0 Å². The van der Waals surface area contributed by atoms with Crippen molar-refractivity contribution in [2.75, 3.05) is 12.3 Å². The Hall–Kier alpha value is -2.12. The van der Waals surface area contributed by atoms with Crippen molar-refractivity contribution in [2.24, 2.45) is 0 Å². The molecule has 0 saturated carbocycles. The summed E-state index contributed by atoms with van der Waals surface area (Å²) in [5.41, 5.74) is 3.22. The van der Waals surface area contributed by atoms with Crippen LogP contribution in [0.5, 0.6) is 0 Å². The summed E-state index contributed by atoms with van der Waals surface area (Å²) in [7, 11) is 0. The third-order valence-corrected chi connectivity index (χ3v) is 7.11.